The van der Waals surface area contributed by atoms with E-state index in [2.05, 4.69) is 15.9 Å². The van der Waals surface area contributed by atoms with Crippen LogP contribution in [0.5, 0.6) is 5.75 Å². The second-order valence-electron chi connectivity index (χ2n) is 7.26. The van der Waals surface area contributed by atoms with Crippen molar-refractivity contribution < 1.29 is 19.2 Å². The van der Waals surface area contributed by atoms with Crippen LogP contribution in [-0.2, 0) is 9.59 Å². The summed E-state index contributed by atoms with van der Waals surface area (Å²) in [5.74, 6) is -0.317. The number of anilines is 1. The molecule has 4 rings (SSSR count). The standard InChI is InChI=1S/C22H19BrN2O5/c1-30-13-9-10-17(19(11-13)25(28)29)24-18-7-4-8-20(26)22(18)15(12-21(24)27)14-5-2-3-6-16(14)23/h2-3,5-6,9-11,15H,4,7-8,12H2,1H3. The van der Waals surface area contributed by atoms with Crippen molar-refractivity contribution in [3.8, 4) is 5.75 Å². The van der Waals surface area contributed by atoms with Crippen LogP contribution in [0.1, 0.15) is 37.2 Å². The van der Waals surface area contributed by atoms with Crippen molar-refractivity contribution in [1.82, 2.24) is 0 Å². The Bertz CT molecular complexity index is 1090. The van der Waals surface area contributed by atoms with E-state index in [1.165, 1.54) is 24.1 Å². The fraction of sp³-hybridized carbons (Fsp3) is 0.273. The minimum atomic E-state index is -0.532. The number of nitro benzene ring substituents is 1. The SMILES string of the molecule is COc1ccc(N2C(=O)CC(c3ccccc3Br)C3=C2CCCC3=O)c([N+](=O)[O-])c1. The van der Waals surface area contributed by atoms with Gasteiger partial charge in [-0.2, -0.15) is 0 Å². The van der Waals surface area contributed by atoms with Crippen LogP contribution in [0.25, 0.3) is 0 Å². The summed E-state index contributed by atoms with van der Waals surface area (Å²) in [6, 6.07) is 11.9. The molecule has 1 atom stereocenters. The van der Waals surface area contributed by atoms with E-state index in [1.807, 2.05) is 24.3 Å². The molecule has 0 N–H and O–H groups in total. The van der Waals surface area contributed by atoms with E-state index in [-0.39, 0.29) is 35.4 Å². The summed E-state index contributed by atoms with van der Waals surface area (Å²) >= 11 is 3.53. The number of Topliss-reactive ketones (excluding diaryl/α,β-unsaturated/α-hetero) is 1. The van der Waals surface area contributed by atoms with E-state index in [9.17, 15) is 19.7 Å². The third kappa shape index (κ3) is 3.41. The Morgan fingerprint density at radius 2 is 1.93 bits per heavy atom. The molecule has 7 nitrogen and oxygen atoms in total. The molecule has 1 heterocycles. The first kappa shape index (κ1) is 20.3. The summed E-state index contributed by atoms with van der Waals surface area (Å²) < 4.78 is 5.94. The van der Waals surface area contributed by atoms with Gasteiger partial charge in [0.2, 0.25) is 5.91 Å². The molecular weight excluding hydrogens is 452 g/mol. The van der Waals surface area contributed by atoms with Crippen LogP contribution in [0.3, 0.4) is 0 Å². The smallest absolute Gasteiger partial charge is 0.297 e. The fourth-order valence-corrected chi connectivity index (χ4v) is 4.82. The summed E-state index contributed by atoms with van der Waals surface area (Å²) in [6.45, 7) is 0. The molecule has 0 saturated carbocycles. The van der Waals surface area contributed by atoms with Gasteiger partial charge in [0.1, 0.15) is 11.4 Å². The minimum absolute atomic E-state index is 0.00864. The molecule has 0 spiro atoms. The average Bonchev–Trinajstić information content (AvgIpc) is 2.73. The highest BCUT2D eigenvalue weighted by Crippen LogP contribution is 2.46. The summed E-state index contributed by atoms with van der Waals surface area (Å²) in [5.41, 5.74) is 1.96. The Balaban J connectivity index is 1.91. The number of rotatable bonds is 4. The molecule has 1 aliphatic heterocycles. The Morgan fingerprint density at radius 3 is 2.63 bits per heavy atom. The number of nitro groups is 1. The number of hydrogen-bond donors (Lipinski definition) is 0. The summed E-state index contributed by atoms with van der Waals surface area (Å²) in [4.78, 5) is 38.8. The third-order valence-corrected chi connectivity index (χ3v) is 6.30. The van der Waals surface area contributed by atoms with Crippen LogP contribution in [0.2, 0.25) is 0 Å². The maximum atomic E-state index is 13.3. The zero-order valence-corrected chi connectivity index (χ0v) is 17.8. The predicted octanol–water partition coefficient (Wildman–Crippen LogP) is 4.89. The number of allylic oxidation sites excluding steroid dienone is 2. The van der Waals surface area contributed by atoms with Crippen molar-refractivity contribution in [3.05, 3.63) is 73.9 Å². The number of carbonyl (C=O) groups is 2. The molecule has 0 aromatic heterocycles. The highest BCUT2D eigenvalue weighted by molar-refractivity contribution is 9.10. The van der Waals surface area contributed by atoms with Crippen LogP contribution in [-0.4, -0.2) is 23.7 Å². The number of ketones is 1. The Labute approximate surface area is 181 Å². The third-order valence-electron chi connectivity index (χ3n) is 5.58. The van der Waals surface area contributed by atoms with E-state index in [0.29, 0.717) is 36.3 Å². The molecule has 2 aromatic carbocycles. The minimum Gasteiger partial charge on any atom is -0.496 e. The van der Waals surface area contributed by atoms with Gasteiger partial charge in [0.15, 0.2) is 5.78 Å². The van der Waals surface area contributed by atoms with E-state index >= 15 is 0 Å². The maximum Gasteiger partial charge on any atom is 0.297 e. The van der Waals surface area contributed by atoms with Gasteiger partial charge < -0.3 is 4.74 Å². The number of hydrogen-bond acceptors (Lipinski definition) is 5. The van der Waals surface area contributed by atoms with Crippen molar-refractivity contribution in [2.45, 2.75) is 31.6 Å². The van der Waals surface area contributed by atoms with Gasteiger partial charge in [0.05, 0.1) is 18.1 Å². The van der Waals surface area contributed by atoms with Crippen molar-refractivity contribution in [2.75, 3.05) is 12.0 Å². The number of ether oxygens (including phenoxy) is 1. The van der Waals surface area contributed by atoms with E-state index < -0.39 is 4.92 Å². The van der Waals surface area contributed by atoms with Gasteiger partial charge in [-0.3, -0.25) is 24.6 Å². The Hall–Kier alpha value is -3.00. The molecule has 1 aliphatic carbocycles. The van der Waals surface area contributed by atoms with Gasteiger partial charge in [-0.25, -0.2) is 0 Å². The molecule has 0 radical (unpaired) electrons. The van der Waals surface area contributed by atoms with Gasteiger partial charge in [-0.15, -0.1) is 0 Å². The number of benzene rings is 2. The van der Waals surface area contributed by atoms with E-state index in [4.69, 9.17) is 4.74 Å². The molecule has 30 heavy (non-hydrogen) atoms. The van der Waals surface area contributed by atoms with Gasteiger partial charge >= 0.3 is 0 Å². The largest absolute Gasteiger partial charge is 0.496 e. The molecule has 1 unspecified atom stereocenters. The van der Waals surface area contributed by atoms with Gasteiger partial charge in [-0.1, -0.05) is 34.1 Å². The van der Waals surface area contributed by atoms with Crippen LogP contribution < -0.4 is 9.64 Å². The Morgan fingerprint density at radius 1 is 1.17 bits per heavy atom. The number of carbonyl (C=O) groups excluding carboxylic acids is 2. The van der Waals surface area contributed by atoms with Gasteiger partial charge in [-0.05, 0) is 36.6 Å². The molecule has 0 fully saturated rings. The molecule has 2 aliphatic rings. The normalized spacial score (nSPS) is 19.0. The number of halogens is 1. The van der Waals surface area contributed by atoms with Crippen molar-refractivity contribution in [3.63, 3.8) is 0 Å². The topological polar surface area (TPSA) is 89.8 Å². The van der Waals surface area contributed by atoms with Crippen LogP contribution in [0, 0.1) is 10.1 Å². The first-order chi connectivity index (χ1) is 14.4. The molecule has 2 aromatic rings. The summed E-state index contributed by atoms with van der Waals surface area (Å²) in [6.07, 6.45) is 1.59. The van der Waals surface area contributed by atoms with Crippen LogP contribution in [0.15, 0.2) is 58.2 Å². The molecule has 154 valence electrons. The lowest BCUT2D eigenvalue weighted by molar-refractivity contribution is -0.384. The maximum absolute atomic E-state index is 13.3. The second-order valence-corrected chi connectivity index (χ2v) is 8.11. The van der Waals surface area contributed by atoms with E-state index in [0.717, 1.165) is 10.0 Å². The van der Waals surface area contributed by atoms with Gasteiger partial charge in [0.25, 0.3) is 5.69 Å². The quantitative estimate of drug-likeness (QED) is 0.468. The highest BCUT2D eigenvalue weighted by Gasteiger charge is 2.42. The number of amides is 1. The van der Waals surface area contributed by atoms with Crippen LogP contribution >= 0.6 is 15.9 Å². The lowest BCUT2D eigenvalue weighted by Gasteiger charge is -2.38. The van der Waals surface area contributed by atoms with Crippen molar-refractivity contribution >= 4 is 39.0 Å². The summed E-state index contributed by atoms with van der Waals surface area (Å²) in [7, 11) is 1.42. The zero-order valence-electron chi connectivity index (χ0n) is 16.3. The Kier molecular flexibility index (Phi) is 5.42. The van der Waals surface area contributed by atoms with Crippen molar-refractivity contribution in [1.29, 1.82) is 0 Å². The average molecular weight is 471 g/mol. The predicted molar refractivity (Wildman–Crippen MR) is 115 cm³/mol. The summed E-state index contributed by atoms with van der Waals surface area (Å²) in [5, 5.41) is 11.7. The fourth-order valence-electron chi connectivity index (χ4n) is 4.26. The molecule has 1 amide bonds. The molecule has 0 saturated heterocycles. The first-order valence-electron chi connectivity index (χ1n) is 9.58. The van der Waals surface area contributed by atoms with Crippen molar-refractivity contribution in [2.24, 2.45) is 0 Å². The second kappa shape index (κ2) is 8.02. The van der Waals surface area contributed by atoms with E-state index in [1.54, 1.807) is 6.07 Å². The molecule has 0 bridgehead atoms. The first-order valence-corrected chi connectivity index (χ1v) is 10.4. The molecule has 8 heteroatoms. The zero-order chi connectivity index (χ0) is 21.4. The molecular formula is C22H19BrN2O5. The highest BCUT2D eigenvalue weighted by atomic mass is 79.9. The lowest BCUT2D eigenvalue weighted by atomic mass is 9.77. The van der Waals surface area contributed by atoms with Crippen LogP contribution in [0.4, 0.5) is 11.4 Å². The lowest BCUT2D eigenvalue weighted by Crippen LogP contribution is -2.40. The number of nitrogens with zero attached hydrogens (tertiary/aromatic N) is 2. The monoisotopic (exact) mass is 470 g/mol. The van der Waals surface area contributed by atoms with Gasteiger partial charge in [0, 0.05) is 34.5 Å². The number of methoxy groups -OCH3 is 1.